The van der Waals surface area contributed by atoms with Crippen LogP contribution in [0, 0.1) is 0 Å². The van der Waals surface area contributed by atoms with Gasteiger partial charge in [-0.3, -0.25) is 0 Å². The molecule has 0 saturated heterocycles. The summed E-state index contributed by atoms with van der Waals surface area (Å²) in [6, 6.07) is 4.67. The molecule has 6 heteroatoms. The molecule has 0 atom stereocenters. The summed E-state index contributed by atoms with van der Waals surface area (Å²) in [4.78, 5) is 0.189. The molecule has 90 valence electrons. The molecule has 1 rings (SSSR count). The Morgan fingerprint density at radius 2 is 2.00 bits per heavy atom. The second-order valence-electron chi connectivity index (χ2n) is 3.47. The van der Waals surface area contributed by atoms with Crippen LogP contribution in [0.25, 0.3) is 0 Å². The average Bonchev–Trinajstić information content (AvgIpc) is 2.20. The van der Waals surface area contributed by atoms with Crippen molar-refractivity contribution in [2.75, 3.05) is 7.05 Å². The smallest absolute Gasteiger partial charge is 0.240 e. The molecule has 0 saturated carbocycles. The quantitative estimate of drug-likeness (QED) is 0.927. The first-order valence-corrected chi connectivity index (χ1v) is 7.04. The van der Waals surface area contributed by atoms with Crippen molar-refractivity contribution in [3.63, 3.8) is 0 Å². The maximum atomic E-state index is 11.6. The Balaban J connectivity index is 3.17. The third kappa shape index (κ3) is 3.20. The summed E-state index contributed by atoms with van der Waals surface area (Å²) in [7, 11) is -2.05. The van der Waals surface area contributed by atoms with Crippen LogP contribution in [-0.2, 0) is 10.0 Å². The van der Waals surface area contributed by atoms with Crippen molar-refractivity contribution < 1.29 is 13.2 Å². The number of nitrogens with one attached hydrogen (secondary N) is 1. The molecular formula is C10H14BrNO3S. The lowest BCUT2D eigenvalue weighted by Gasteiger charge is -2.12. The number of hydrogen-bond donors (Lipinski definition) is 1. The summed E-state index contributed by atoms with van der Waals surface area (Å²) in [5.74, 6) is 0.520. The summed E-state index contributed by atoms with van der Waals surface area (Å²) in [6.07, 6.45) is -0.0103. The largest absolute Gasteiger partial charge is 0.490 e. The molecule has 0 aliphatic carbocycles. The van der Waals surface area contributed by atoms with E-state index < -0.39 is 10.0 Å². The number of sulfonamides is 1. The third-order valence-corrected chi connectivity index (χ3v) is 3.91. The van der Waals surface area contributed by atoms with Gasteiger partial charge in [0.15, 0.2) is 0 Å². The van der Waals surface area contributed by atoms with Gasteiger partial charge in [0.2, 0.25) is 10.0 Å². The molecule has 0 aliphatic heterocycles. The van der Waals surface area contributed by atoms with Gasteiger partial charge in [-0.1, -0.05) is 0 Å². The minimum atomic E-state index is -3.42. The van der Waals surface area contributed by atoms with Crippen molar-refractivity contribution in [2.24, 2.45) is 0 Å². The molecule has 0 fully saturated rings. The maximum absolute atomic E-state index is 11.6. The van der Waals surface area contributed by atoms with Crippen molar-refractivity contribution in [3.05, 3.63) is 22.7 Å². The van der Waals surface area contributed by atoms with Gasteiger partial charge in [-0.05, 0) is 49.0 Å². The van der Waals surface area contributed by atoms with E-state index in [0.717, 1.165) is 4.47 Å². The fraction of sp³-hybridized carbons (Fsp3) is 0.400. The van der Waals surface area contributed by atoms with Gasteiger partial charge in [0.05, 0.1) is 15.5 Å². The minimum Gasteiger partial charge on any atom is -0.490 e. The molecule has 0 aromatic heterocycles. The second-order valence-corrected chi connectivity index (χ2v) is 6.21. The third-order valence-electron chi connectivity index (χ3n) is 1.84. The van der Waals surface area contributed by atoms with E-state index in [1.165, 1.54) is 19.2 Å². The van der Waals surface area contributed by atoms with Gasteiger partial charge in [-0.15, -0.1) is 0 Å². The first-order valence-electron chi connectivity index (χ1n) is 4.76. The van der Waals surface area contributed by atoms with Crippen molar-refractivity contribution >= 4 is 26.0 Å². The Hall–Kier alpha value is -0.590. The minimum absolute atomic E-state index is 0.0103. The Morgan fingerprint density at radius 1 is 1.38 bits per heavy atom. The SMILES string of the molecule is CNS(=O)(=O)c1ccc(Br)c(OC(C)C)c1. The van der Waals surface area contributed by atoms with Gasteiger partial charge >= 0.3 is 0 Å². The highest BCUT2D eigenvalue weighted by molar-refractivity contribution is 9.10. The molecule has 1 aromatic carbocycles. The zero-order valence-corrected chi connectivity index (χ0v) is 11.7. The van der Waals surface area contributed by atoms with Gasteiger partial charge in [0, 0.05) is 6.07 Å². The van der Waals surface area contributed by atoms with Crippen LogP contribution in [0.3, 0.4) is 0 Å². The van der Waals surface area contributed by atoms with Gasteiger partial charge < -0.3 is 4.74 Å². The maximum Gasteiger partial charge on any atom is 0.240 e. The number of ether oxygens (including phenoxy) is 1. The molecule has 4 nitrogen and oxygen atoms in total. The summed E-state index contributed by atoms with van der Waals surface area (Å²) in [5, 5.41) is 0. The van der Waals surface area contributed by atoms with Gasteiger partial charge in [-0.25, -0.2) is 13.1 Å². The molecule has 16 heavy (non-hydrogen) atoms. The first kappa shape index (κ1) is 13.5. The Labute approximate surface area is 104 Å². The Morgan fingerprint density at radius 3 is 2.50 bits per heavy atom. The highest BCUT2D eigenvalue weighted by Crippen LogP contribution is 2.28. The van der Waals surface area contributed by atoms with Crippen molar-refractivity contribution in [3.8, 4) is 5.75 Å². The van der Waals surface area contributed by atoms with E-state index in [4.69, 9.17) is 4.74 Å². The standard InChI is InChI=1S/C10H14BrNO3S/c1-7(2)15-10-6-8(4-5-9(10)11)16(13,14)12-3/h4-7,12H,1-3H3. The molecular weight excluding hydrogens is 294 g/mol. The van der Waals surface area contributed by atoms with E-state index in [1.807, 2.05) is 13.8 Å². The Kier molecular flexibility index (Phi) is 4.35. The van der Waals surface area contributed by atoms with Gasteiger partial charge in [0.25, 0.3) is 0 Å². The number of hydrogen-bond acceptors (Lipinski definition) is 3. The van der Waals surface area contributed by atoms with E-state index in [9.17, 15) is 8.42 Å². The van der Waals surface area contributed by atoms with Crippen molar-refractivity contribution in [1.29, 1.82) is 0 Å². The molecule has 0 spiro atoms. The van der Waals surface area contributed by atoms with Crippen LogP contribution in [0.1, 0.15) is 13.8 Å². The van der Waals surface area contributed by atoms with Crippen LogP contribution in [0.5, 0.6) is 5.75 Å². The number of benzene rings is 1. The fourth-order valence-corrected chi connectivity index (χ4v) is 2.20. The van der Waals surface area contributed by atoms with Crippen LogP contribution < -0.4 is 9.46 Å². The van der Waals surface area contributed by atoms with Gasteiger partial charge in [0.1, 0.15) is 5.75 Å². The van der Waals surface area contributed by atoms with E-state index in [2.05, 4.69) is 20.7 Å². The Bertz CT molecular complexity index is 471. The molecule has 0 amide bonds. The lowest BCUT2D eigenvalue weighted by atomic mass is 10.3. The van der Waals surface area contributed by atoms with Gasteiger partial charge in [-0.2, -0.15) is 0 Å². The molecule has 0 bridgehead atoms. The molecule has 0 heterocycles. The summed E-state index contributed by atoms with van der Waals surface area (Å²) < 4.78 is 31.6. The molecule has 0 aliphatic rings. The topological polar surface area (TPSA) is 55.4 Å². The van der Waals surface area contributed by atoms with Crippen molar-refractivity contribution in [1.82, 2.24) is 4.72 Å². The highest BCUT2D eigenvalue weighted by Gasteiger charge is 2.14. The van der Waals surface area contributed by atoms with E-state index in [-0.39, 0.29) is 11.0 Å². The molecule has 0 radical (unpaired) electrons. The predicted molar refractivity (Wildman–Crippen MR) is 66.2 cm³/mol. The summed E-state index contributed by atoms with van der Waals surface area (Å²) in [6.45, 7) is 3.76. The average molecular weight is 308 g/mol. The number of rotatable bonds is 4. The highest BCUT2D eigenvalue weighted by atomic mass is 79.9. The van der Waals surface area contributed by atoms with Crippen LogP contribution in [0.2, 0.25) is 0 Å². The molecule has 0 unspecified atom stereocenters. The fourth-order valence-electron chi connectivity index (χ4n) is 1.11. The van der Waals surface area contributed by atoms with E-state index >= 15 is 0 Å². The monoisotopic (exact) mass is 307 g/mol. The normalized spacial score (nSPS) is 11.8. The van der Waals surface area contributed by atoms with Crippen LogP contribution in [0.15, 0.2) is 27.6 Å². The van der Waals surface area contributed by atoms with E-state index in [0.29, 0.717) is 5.75 Å². The molecule has 1 N–H and O–H groups in total. The van der Waals surface area contributed by atoms with Crippen LogP contribution >= 0.6 is 15.9 Å². The number of halogens is 1. The molecule has 1 aromatic rings. The summed E-state index contributed by atoms with van der Waals surface area (Å²) in [5.41, 5.74) is 0. The van der Waals surface area contributed by atoms with Crippen molar-refractivity contribution in [2.45, 2.75) is 24.8 Å². The zero-order valence-electron chi connectivity index (χ0n) is 9.32. The second kappa shape index (κ2) is 5.16. The summed E-state index contributed by atoms with van der Waals surface area (Å²) >= 11 is 3.31. The van der Waals surface area contributed by atoms with Crippen LogP contribution in [-0.4, -0.2) is 21.6 Å². The van der Waals surface area contributed by atoms with E-state index in [1.54, 1.807) is 6.07 Å². The lowest BCUT2D eigenvalue weighted by Crippen LogP contribution is -2.18. The lowest BCUT2D eigenvalue weighted by molar-refractivity contribution is 0.240. The first-order chi connectivity index (χ1) is 7.36. The van der Waals surface area contributed by atoms with Crippen LogP contribution in [0.4, 0.5) is 0 Å². The zero-order chi connectivity index (χ0) is 12.3. The predicted octanol–water partition coefficient (Wildman–Crippen LogP) is 2.14.